The molecule has 1 atom stereocenters. The molecule has 2 aromatic rings. The fourth-order valence-electron chi connectivity index (χ4n) is 2.76. The summed E-state index contributed by atoms with van der Waals surface area (Å²) < 4.78 is 7.34. The highest BCUT2D eigenvalue weighted by atomic mass is 35.5. The first-order chi connectivity index (χ1) is 11.9. The largest absolute Gasteiger partial charge is 0.489 e. The number of hydrogen-bond acceptors (Lipinski definition) is 3. The summed E-state index contributed by atoms with van der Waals surface area (Å²) >= 11 is 5.87. The van der Waals surface area contributed by atoms with Crippen molar-refractivity contribution < 1.29 is 9.53 Å². The number of anilines is 1. The van der Waals surface area contributed by atoms with E-state index in [1.54, 1.807) is 37.2 Å². The number of ether oxygens (including phenoxy) is 1. The second-order valence-corrected chi connectivity index (χ2v) is 6.61. The fourth-order valence-corrected chi connectivity index (χ4v) is 2.89. The zero-order valence-corrected chi connectivity index (χ0v) is 14.9. The summed E-state index contributed by atoms with van der Waals surface area (Å²) in [6, 6.07) is 8.51. The third-order valence-corrected chi connectivity index (χ3v) is 4.48. The van der Waals surface area contributed by atoms with Gasteiger partial charge in [-0.2, -0.15) is 0 Å². The molecule has 2 heterocycles. The number of pyridine rings is 1. The molecule has 0 spiro atoms. The van der Waals surface area contributed by atoms with E-state index in [9.17, 15) is 9.59 Å². The van der Waals surface area contributed by atoms with Gasteiger partial charge in [-0.3, -0.25) is 4.79 Å². The average Bonchev–Trinajstić information content (AvgIpc) is 3.03. The van der Waals surface area contributed by atoms with Gasteiger partial charge in [-0.15, -0.1) is 0 Å². The third kappa shape index (κ3) is 4.14. The van der Waals surface area contributed by atoms with Crippen LogP contribution in [-0.4, -0.2) is 34.7 Å². The van der Waals surface area contributed by atoms with Gasteiger partial charge in [-0.05, 0) is 36.8 Å². The van der Waals surface area contributed by atoms with Crippen LogP contribution in [0.1, 0.15) is 12.0 Å². The number of carbonyl (C=O) groups is 1. The number of aryl methyl sites for hydroxylation is 2. The molecule has 2 amide bonds. The van der Waals surface area contributed by atoms with Crippen molar-refractivity contribution in [2.45, 2.75) is 19.4 Å². The van der Waals surface area contributed by atoms with E-state index < -0.39 is 0 Å². The van der Waals surface area contributed by atoms with E-state index in [1.807, 2.05) is 12.1 Å². The van der Waals surface area contributed by atoms with E-state index in [2.05, 4.69) is 5.32 Å². The van der Waals surface area contributed by atoms with Crippen LogP contribution in [0.2, 0.25) is 5.02 Å². The van der Waals surface area contributed by atoms with Gasteiger partial charge in [-0.1, -0.05) is 11.6 Å². The predicted octanol–water partition coefficient (Wildman–Crippen LogP) is 3.03. The predicted molar refractivity (Wildman–Crippen MR) is 97.5 cm³/mol. The van der Waals surface area contributed by atoms with Crippen molar-refractivity contribution in [3.8, 4) is 5.75 Å². The van der Waals surface area contributed by atoms with Gasteiger partial charge in [0.1, 0.15) is 11.9 Å². The zero-order chi connectivity index (χ0) is 18.0. The second-order valence-electron chi connectivity index (χ2n) is 6.18. The van der Waals surface area contributed by atoms with Gasteiger partial charge in [0.25, 0.3) is 5.56 Å². The number of nitrogens with one attached hydrogen (secondary N) is 1. The number of rotatable bonds is 3. The maximum atomic E-state index is 12.5. The number of likely N-dealkylation sites (tertiary alicyclic amines) is 1. The third-order valence-electron chi connectivity index (χ3n) is 4.23. The zero-order valence-electron chi connectivity index (χ0n) is 14.2. The van der Waals surface area contributed by atoms with E-state index in [0.717, 1.165) is 17.7 Å². The molecule has 0 aliphatic carbocycles. The molecule has 0 radical (unpaired) electrons. The van der Waals surface area contributed by atoms with Crippen molar-refractivity contribution in [3.63, 3.8) is 0 Å². The molecule has 1 aromatic carbocycles. The van der Waals surface area contributed by atoms with Crippen LogP contribution in [0.5, 0.6) is 5.75 Å². The lowest BCUT2D eigenvalue weighted by atomic mass is 10.2. The summed E-state index contributed by atoms with van der Waals surface area (Å²) in [5, 5.41) is 3.53. The number of aromatic nitrogens is 1. The monoisotopic (exact) mass is 361 g/mol. The van der Waals surface area contributed by atoms with Crippen LogP contribution in [0, 0.1) is 6.92 Å². The van der Waals surface area contributed by atoms with E-state index in [1.165, 1.54) is 10.6 Å². The van der Waals surface area contributed by atoms with Crippen molar-refractivity contribution >= 4 is 23.3 Å². The number of nitrogens with zero attached hydrogens (tertiary/aromatic N) is 2. The molecule has 1 saturated heterocycles. The molecule has 0 bridgehead atoms. The topological polar surface area (TPSA) is 63.6 Å². The minimum Gasteiger partial charge on any atom is -0.489 e. The molecule has 25 heavy (non-hydrogen) atoms. The van der Waals surface area contributed by atoms with Crippen LogP contribution < -0.4 is 15.6 Å². The molecule has 1 N–H and O–H groups in total. The molecular formula is C18H20ClN3O3. The lowest BCUT2D eigenvalue weighted by molar-refractivity contribution is 0.195. The van der Waals surface area contributed by atoms with Crippen molar-refractivity contribution in [1.29, 1.82) is 0 Å². The number of carbonyl (C=O) groups excluding carboxylic acids is 1. The Morgan fingerprint density at radius 2 is 2.04 bits per heavy atom. The van der Waals surface area contributed by atoms with Crippen LogP contribution in [0.25, 0.3) is 0 Å². The van der Waals surface area contributed by atoms with Gasteiger partial charge >= 0.3 is 6.03 Å². The van der Waals surface area contributed by atoms with Gasteiger partial charge < -0.3 is 19.5 Å². The summed E-state index contributed by atoms with van der Waals surface area (Å²) in [4.78, 5) is 25.8. The lowest BCUT2D eigenvalue weighted by Crippen LogP contribution is -2.35. The van der Waals surface area contributed by atoms with Crippen LogP contribution in [-0.2, 0) is 7.05 Å². The fraction of sp³-hybridized carbons (Fsp3) is 0.333. The van der Waals surface area contributed by atoms with E-state index in [-0.39, 0.29) is 17.7 Å². The minimum atomic E-state index is -0.191. The van der Waals surface area contributed by atoms with Crippen LogP contribution in [0.15, 0.2) is 41.3 Å². The van der Waals surface area contributed by atoms with Gasteiger partial charge in [0.05, 0.1) is 12.2 Å². The normalized spacial score (nSPS) is 16.8. The lowest BCUT2D eigenvalue weighted by Gasteiger charge is -2.19. The Hall–Kier alpha value is -2.47. The Kier molecular flexibility index (Phi) is 4.99. The van der Waals surface area contributed by atoms with E-state index >= 15 is 0 Å². The quantitative estimate of drug-likeness (QED) is 0.913. The number of benzene rings is 1. The molecule has 1 aliphatic heterocycles. The first-order valence-corrected chi connectivity index (χ1v) is 8.45. The van der Waals surface area contributed by atoms with E-state index in [0.29, 0.717) is 23.8 Å². The molecule has 1 aliphatic rings. The maximum absolute atomic E-state index is 12.5. The summed E-state index contributed by atoms with van der Waals surface area (Å²) in [6.07, 6.45) is 2.35. The van der Waals surface area contributed by atoms with Crippen molar-refractivity contribution in [2.75, 3.05) is 18.4 Å². The average molecular weight is 362 g/mol. The highest BCUT2D eigenvalue weighted by Gasteiger charge is 2.28. The highest BCUT2D eigenvalue weighted by molar-refractivity contribution is 6.30. The summed E-state index contributed by atoms with van der Waals surface area (Å²) in [7, 11) is 1.66. The number of hydrogen-bond donors (Lipinski definition) is 1. The SMILES string of the molecule is Cc1cc(=O)n(C)cc1NC(=O)N1CCC(Oc2ccc(Cl)cc2)C1. The van der Waals surface area contributed by atoms with Crippen molar-refractivity contribution in [3.05, 3.63) is 57.5 Å². The molecule has 1 fully saturated rings. The summed E-state index contributed by atoms with van der Waals surface area (Å²) in [6.45, 7) is 2.93. The molecule has 3 rings (SSSR count). The highest BCUT2D eigenvalue weighted by Crippen LogP contribution is 2.21. The molecule has 132 valence electrons. The Morgan fingerprint density at radius 1 is 1.32 bits per heavy atom. The van der Waals surface area contributed by atoms with Gasteiger partial charge in [0.2, 0.25) is 0 Å². The van der Waals surface area contributed by atoms with Gasteiger partial charge in [0.15, 0.2) is 0 Å². The van der Waals surface area contributed by atoms with Crippen LogP contribution in [0.4, 0.5) is 10.5 Å². The molecule has 0 saturated carbocycles. The van der Waals surface area contributed by atoms with E-state index in [4.69, 9.17) is 16.3 Å². The van der Waals surface area contributed by atoms with Crippen LogP contribution >= 0.6 is 11.6 Å². The number of halogens is 1. The first-order valence-electron chi connectivity index (χ1n) is 8.08. The number of urea groups is 1. The maximum Gasteiger partial charge on any atom is 0.322 e. The summed E-state index contributed by atoms with van der Waals surface area (Å²) in [5.74, 6) is 0.741. The minimum absolute atomic E-state index is 0.0480. The first kappa shape index (κ1) is 17.4. The molecule has 1 unspecified atom stereocenters. The Balaban J connectivity index is 1.60. The van der Waals surface area contributed by atoms with Gasteiger partial charge in [0, 0.05) is 37.3 Å². The Morgan fingerprint density at radius 3 is 2.76 bits per heavy atom. The molecule has 1 aromatic heterocycles. The van der Waals surface area contributed by atoms with Crippen molar-refractivity contribution in [1.82, 2.24) is 9.47 Å². The summed E-state index contributed by atoms with van der Waals surface area (Å²) in [5.41, 5.74) is 1.27. The van der Waals surface area contributed by atoms with Crippen molar-refractivity contribution in [2.24, 2.45) is 7.05 Å². The molecular weight excluding hydrogens is 342 g/mol. The second kappa shape index (κ2) is 7.19. The molecule has 7 heteroatoms. The molecule has 6 nitrogen and oxygen atoms in total. The van der Waals surface area contributed by atoms with Gasteiger partial charge in [-0.25, -0.2) is 4.79 Å². The number of amides is 2. The Labute approximate surface area is 151 Å². The smallest absolute Gasteiger partial charge is 0.322 e. The standard InChI is InChI=1S/C18H20ClN3O3/c1-12-9-17(23)21(2)11-16(12)20-18(24)22-8-7-15(10-22)25-14-5-3-13(19)4-6-14/h3-6,9,11,15H,7-8,10H2,1-2H3,(H,20,24). The van der Waals surface area contributed by atoms with Crippen LogP contribution in [0.3, 0.4) is 0 Å². The Bertz CT molecular complexity index is 832.